The maximum Gasteiger partial charge on any atom is 0.190 e. The van der Waals surface area contributed by atoms with Crippen LogP contribution in [0.5, 0.6) is 23.0 Å². The zero-order valence-electron chi connectivity index (χ0n) is 59.4. The van der Waals surface area contributed by atoms with Gasteiger partial charge < -0.3 is 20.4 Å². The summed E-state index contributed by atoms with van der Waals surface area (Å²) >= 11 is 0. The van der Waals surface area contributed by atoms with Gasteiger partial charge in [0.1, 0.15) is 23.0 Å². The lowest BCUT2D eigenvalue weighted by Crippen LogP contribution is -2.23. The van der Waals surface area contributed by atoms with E-state index in [1.165, 1.54) is 16.7 Å². The number of carbonyl (C=O) groups excluding carboxylic acids is 4. The minimum Gasteiger partial charge on any atom is -0.507 e. The zero-order valence-corrected chi connectivity index (χ0v) is 59.4. The van der Waals surface area contributed by atoms with E-state index in [-0.39, 0.29) is 34.6 Å². The molecule has 8 heteroatoms. The first kappa shape index (κ1) is 70.9. The van der Waals surface area contributed by atoms with Crippen molar-refractivity contribution in [2.75, 3.05) is 0 Å². The first-order chi connectivity index (χ1) is 40.4. The molecule has 0 aliphatic heterocycles. The molecule has 0 heterocycles. The van der Waals surface area contributed by atoms with Crippen LogP contribution in [0.1, 0.15) is 200 Å². The summed E-state index contributed by atoms with van der Waals surface area (Å²) in [7, 11) is 0. The molecule has 8 nitrogen and oxygen atoms in total. The number of hydrogen-bond donors (Lipinski definition) is 4. The van der Waals surface area contributed by atoms with E-state index >= 15 is 0 Å². The topological polar surface area (TPSA) is 149 Å². The maximum atomic E-state index is 12.9. The van der Waals surface area contributed by atoms with Gasteiger partial charge in [-0.25, -0.2) is 0 Å². The summed E-state index contributed by atoms with van der Waals surface area (Å²) in [6.07, 6.45) is 0. The molecule has 0 unspecified atom stereocenters. The van der Waals surface area contributed by atoms with Crippen molar-refractivity contribution in [3.63, 3.8) is 0 Å². The molecule has 4 aromatic carbocycles. The fraction of sp³-hybridized carbons (Fsp3) is 0.400. The molecule has 0 saturated heterocycles. The Balaban J connectivity index is 0.000000214. The maximum absolute atomic E-state index is 12.9. The van der Waals surface area contributed by atoms with E-state index in [2.05, 4.69) is 34.6 Å². The van der Waals surface area contributed by atoms with E-state index in [9.17, 15) is 39.6 Å². The molecule has 0 saturated carbocycles. The highest BCUT2D eigenvalue weighted by Gasteiger charge is 2.35. The van der Waals surface area contributed by atoms with Gasteiger partial charge in [0.2, 0.25) is 0 Å². The van der Waals surface area contributed by atoms with Crippen LogP contribution in [0.4, 0.5) is 0 Å². The van der Waals surface area contributed by atoms with Gasteiger partial charge in [0.25, 0.3) is 0 Å². The minimum atomic E-state index is -0.0107. The van der Waals surface area contributed by atoms with Crippen LogP contribution in [0.15, 0.2) is 111 Å². The summed E-state index contributed by atoms with van der Waals surface area (Å²) < 4.78 is 0. The highest BCUT2D eigenvalue weighted by atomic mass is 16.3. The van der Waals surface area contributed by atoms with Crippen LogP contribution in [0, 0.1) is 111 Å². The monoisotopic (exact) mass is 1190 g/mol. The van der Waals surface area contributed by atoms with E-state index in [0.29, 0.717) is 22.6 Å². The Morgan fingerprint density at radius 3 is 0.557 bits per heavy atom. The largest absolute Gasteiger partial charge is 0.507 e. The summed E-state index contributed by atoms with van der Waals surface area (Å²) in [5, 5.41) is 42.5. The Morgan fingerprint density at radius 2 is 0.307 bits per heavy atom. The SMILES string of the molecule is CC1=C(C)C(C)=C(C)/C(=C2\C(=O)C(C)=C(C)C(C)=C2C)C1=O.CC1=C(C)C(C)=C(C)C(=C2C(C)=C(C)C(=O)C(C)=C2C)C1=O.Cc1c(C)c(C)c(-c2c(C)c(C)c(C)c(C)c2O)c(O)c1C.Cc1c(C)c(C)c(-c2c(C)c(C)c(O)c(C)c2C)c(O)c1C. The number of hydrogen-bond acceptors (Lipinski definition) is 8. The minimum absolute atomic E-state index is 0.0107. The van der Waals surface area contributed by atoms with Gasteiger partial charge >= 0.3 is 0 Å². The van der Waals surface area contributed by atoms with E-state index < -0.39 is 0 Å². The first-order valence-corrected chi connectivity index (χ1v) is 30.7. The molecule has 0 atom stereocenters. The standard InChI is InChI=1S/C20H26O2.C20H24O2.C20H26O2.C20H24O2/c2*1-9-11(3)15(7)19(21)17(13(9)5)18-14(6)10(2)12(4)16(8)20(18)22;2*1-9-10(2)14(6)20(22)18(11(9)3)17-12(4)15(7)19(21)16(8)13(17)5/h21-22H,1-8H3;1-8H3;21-22H,1-8H3;1-8H3/b;18-17+;;. The first-order valence-electron chi connectivity index (χ1n) is 30.7. The van der Waals surface area contributed by atoms with E-state index in [4.69, 9.17) is 0 Å². The van der Waals surface area contributed by atoms with Crippen LogP contribution in [0.3, 0.4) is 0 Å². The molecule has 0 fully saturated rings. The molecule has 4 aliphatic rings. The van der Waals surface area contributed by atoms with Crippen LogP contribution in [-0.2, 0) is 19.2 Å². The number of allylic oxidation sites excluding steroid dienone is 20. The van der Waals surface area contributed by atoms with Gasteiger partial charge in [-0.05, 0) is 383 Å². The van der Waals surface area contributed by atoms with Crippen molar-refractivity contribution in [2.24, 2.45) is 0 Å². The molecule has 4 aliphatic carbocycles. The zero-order chi connectivity index (χ0) is 67.7. The molecule has 0 aromatic heterocycles. The molecule has 468 valence electrons. The van der Waals surface area contributed by atoms with Crippen molar-refractivity contribution in [3.05, 3.63) is 200 Å². The normalized spacial score (nSPS) is 16.8. The molecule has 4 aromatic rings. The highest BCUT2D eigenvalue weighted by molar-refractivity contribution is 6.23. The number of phenolic OH excluding ortho intramolecular Hbond substituents is 4. The van der Waals surface area contributed by atoms with Crippen LogP contribution >= 0.6 is 0 Å². The third-order valence-electron chi connectivity index (χ3n) is 22.0. The summed E-state index contributed by atoms with van der Waals surface area (Å²) in [5.74, 6) is 1.43. The van der Waals surface area contributed by atoms with Crippen LogP contribution in [0.2, 0.25) is 0 Å². The summed E-state index contributed by atoms with van der Waals surface area (Å²) in [4.78, 5) is 50.8. The van der Waals surface area contributed by atoms with Crippen LogP contribution in [0.25, 0.3) is 22.3 Å². The third-order valence-corrected chi connectivity index (χ3v) is 22.0. The number of rotatable bonds is 2. The van der Waals surface area contributed by atoms with E-state index in [1.54, 1.807) is 0 Å². The molecule has 0 spiro atoms. The second-order valence-corrected chi connectivity index (χ2v) is 25.7. The lowest BCUT2D eigenvalue weighted by atomic mass is 9.75. The van der Waals surface area contributed by atoms with Crippen molar-refractivity contribution in [3.8, 4) is 45.3 Å². The third kappa shape index (κ3) is 11.6. The molecule has 8 rings (SSSR count). The number of carbonyl (C=O) groups is 4. The number of benzene rings is 4. The van der Waals surface area contributed by atoms with Crippen molar-refractivity contribution < 1.29 is 39.6 Å². The van der Waals surface area contributed by atoms with Gasteiger partial charge in [-0.1, -0.05) is 0 Å². The highest BCUT2D eigenvalue weighted by Crippen LogP contribution is 2.49. The summed E-state index contributed by atoms with van der Waals surface area (Å²) in [6.45, 7) is 63.3. The van der Waals surface area contributed by atoms with Gasteiger partial charge in [0.05, 0.1) is 0 Å². The molecular formula is C80H100O8. The fourth-order valence-corrected chi connectivity index (χ4v) is 12.9. The molecule has 88 heavy (non-hydrogen) atoms. The molecule has 0 radical (unpaired) electrons. The Bertz CT molecular complexity index is 3710. The number of aromatic hydroxyl groups is 4. The molecule has 4 N–H and O–H groups in total. The second kappa shape index (κ2) is 26.1. The summed E-state index contributed by atoms with van der Waals surface area (Å²) in [6, 6.07) is 0. The van der Waals surface area contributed by atoms with E-state index in [1.807, 2.05) is 187 Å². The van der Waals surface area contributed by atoms with Gasteiger partial charge in [-0.2, -0.15) is 0 Å². The fourth-order valence-electron chi connectivity index (χ4n) is 12.9. The molecule has 0 amide bonds. The lowest BCUT2D eigenvalue weighted by Gasteiger charge is -2.28. The van der Waals surface area contributed by atoms with Gasteiger partial charge in [0.15, 0.2) is 23.1 Å². The van der Waals surface area contributed by atoms with Crippen molar-refractivity contribution in [1.29, 1.82) is 0 Å². The Hall–Kier alpha value is -7.84. The molecular weight excluding hydrogens is 1090 g/mol. The van der Waals surface area contributed by atoms with Crippen molar-refractivity contribution in [1.82, 2.24) is 0 Å². The summed E-state index contributed by atoms with van der Waals surface area (Å²) in [5.41, 5.74) is 38.0. The number of phenols is 4. The average molecular weight is 1190 g/mol. The van der Waals surface area contributed by atoms with Crippen LogP contribution in [-0.4, -0.2) is 43.6 Å². The Morgan fingerprint density at radius 1 is 0.148 bits per heavy atom. The predicted octanol–water partition coefficient (Wildman–Crippen LogP) is 20.1. The van der Waals surface area contributed by atoms with Crippen molar-refractivity contribution in [2.45, 2.75) is 222 Å². The predicted molar refractivity (Wildman–Crippen MR) is 367 cm³/mol. The number of Topliss-reactive ketones (excluding diaryl/α,β-unsaturated/α-hetero) is 4. The van der Waals surface area contributed by atoms with Gasteiger partial charge in [0, 0.05) is 61.3 Å². The quantitative estimate of drug-likeness (QED) is 0.145. The molecule has 0 bridgehead atoms. The van der Waals surface area contributed by atoms with Crippen LogP contribution < -0.4 is 0 Å². The van der Waals surface area contributed by atoms with Crippen molar-refractivity contribution >= 4 is 23.1 Å². The second-order valence-electron chi connectivity index (χ2n) is 25.7. The van der Waals surface area contributed by atoms with Gasteiger partial charge in [-0.3, -0.25) is 19.2 Å². The van der Waals surface area contributed by atoms with E-state index in [0.717, 1.165) is 195 Å². The Kier molecular flexibility index (Phi) is 21.0. The Labute approximate surface area is 527 Å². The smallest absolute Gasteiger partial charge is 0.190 e. The van der Waals surface area contributed by atoms with Gasteiger partial charge in [-0.15, -0.1) is 0 Å². The number of ketones is 4. The lowest BCUT2D eigenvalue weighted by molar-refractivity contribution is -0.114. The average Bonchev–Trinajstić information content (AvgIpc) is 1.00.